The molecule has 1 heterocycles. The molecule has 3 nitrogen and oxygen atoms in total. The van der Waals surface area contributed by atoms with E-state index in [1.807, 2.05) is 23.8 Å². The second-order valence-electron chi connectivity index (χ2n) is 3.65. The Kier molecular flexibility index (Phi) is 3.64. The fourth-order valence-corrected chi connectivity index (χ4v) is 2.12. The molecule has 0 fully saturated rings. The Morgan fingerprint density at radius 2 is 2.29 bits per heavy atom. The molecule has 0 saturated heterocycles. The second-order valence-corrected chi connectivity index (χ2v) is 4.61. The quantitative estimate of drug-likeness (QED) is 0.643. The highest BCUT2D eigenvalue weighted by Gasteiger charge is 2.08. The van der Waals surface area contributed by atoms with Gasteiger partial charge in [0.15, 0.2) is 5.78 Å². The fraction of sp³-hybridized carbons (Fsp3) is 0.167. The van der Waals surface area contributed by atoms with Crippen molar-refractivity contribution in [3.8, 4) is 5.69 Å². The van der Waals surface area contributed by atoms with E-state index in [0.29, 0.717) is 15.9 Å². The summed E-state index contributed by atoms with van der Waals surface area (Å²) in [7, 11) is 0. The van der Waals surface area contributed by atoms with Crippen LogP contribution in [-0.2, 0) is 0 Å². The predicted molar refractivity (Wildman–Crippen MR) is 71.4 cm³/mol. The average molecular weight is 314 g/mol. The molecule has 2 aromatic rings. The van der Waals surface area contributed by atoms with Gasteiger partial charge in [0.2, 0.25) is 0 Å². The zero-order chi connectivity index (χ0) is 12.4. The molecule has 0 spiro atoms. The largest absolute Gasteiger partial charge is 0.305 e. The van der Waals surface area contributed by atoms with Crippen molar-refractivity contribution in [1.29, 1.82) is 0 Å². The normalized spacial score (nSPS) is 10.5. The first-order chi connectivity index (χ1) is 8.11. The number of aromatic nitrogens is 2. The third-order valence-electron chi connectivity index (χ3n) is 2.38. The summed E-state index contributed by atoms with van der Waals surface area (Å²) in [6.45, 7) is 1.91. The van der Waals surface area contributed by atoms with E-state index in [1.54, 1.807) is 18.5 Å². The number of nitrogens with zero attached hydrogens (tertiary/aromatic N) is 2. The van der Waals surface area contributed by atoms with Crippen molar-refractivity contribution in [3.05, 3.63) is 47.0 Å². The van der Waals surface area contributed by atoms with E-state index in [0.717, 1.165) is 11.4 Å². The molecular weight excluding hydrogens is 304 g/mol. The number of carbonyl (C=O) groups is 1. The van der Waals surface area contributed by atoms with Crippen LogP contribution in [0.1, 0.15) is 16.1 Å². The Balaban J connectivity index is 2.41. The van der Waals surface area contributed by atoms with Crippen LogP contribution in [0.3, 0.4) is 0 Å². The van der Waals surface area contributed by atoms with E-state index in [-0.39, 0.29) is 5.78 Å². The number of carbonyl (C=O) groups excluding carboxylic acids is 1. The maximum Gasteiger partial charge on any atom is 0.173 e. The monoisotopic (exact) mass is 312 g/mol. The molecular formula is C12H10BrClN2O. The molecule has 0 saturated carbocycles. The van der Waals surface area contributed by atoms with Crippen LogP contribution in [0.2, 0.25) is 5.02 Å². The predicted octanol–water partition coefficient (Wildman–Crippen LogP) is 3.41. The van der Waals surface area contributed by atoms with E-state index in [4.69, 9.17) is 11.6 Å². The number of alkyl halides is 1. The molecule has 0 radical (unpaired) electrons. The summed E-state index contributed by atoms with van der Waals surface area (Å²) in [5, 5.41) is 0.835. The zero-order valence-corrected chi connectivity index (χ0v) is 11.5. The van der Waals surface area contributed by atoms with Crippen LogP contribution in [0.4, 0.5) is 0 Å². The lowest BCUT2D eigenvalue weighted by atomic mass is 10.1. The number of ketones is 1. The van der Waals surface area contributed by atoms with Crippen molar-refractivity contribution in [1.82, 2.24) is 9.55 Å². The first-order valence-corrected chi connectivity index (χ1v) is 6.51. The molecule has 0 amide bonds. The fourth-order valence-electron chi connectivity index (χ4n) is 1.52. The van der Waals surface area contributed by atoms with Gasteiger partial charge in [-0.25, -0.2) is 4.98 Å². The summed E-state index contributed by atoms with van der Waals surface area (Å²) in [5.74, 6) is 0.0141. The number of rotatable bonds is 3. The van der Waals surface area contributed by atoms with Gasteiger partial charge in [-0.15, -0.1) is 0 Å². The first kappa shape index (κ1) is 12.3. The lowest BCUT2D eigenvalue weighted by Gasteiger charge is -2.06. The van der Waals surface area contributed by atoms with E-state index in [2.05, 4.69) is 20.9 Å². The van der Waals surface area contributed by atoms with E-state index >= 15 is 0 Å². The van der Waals surface area contributed by atoms with Gasteiger partial charge in [-0.3, -0.25) is 4.79 Å². The molecule has 0 aliphatic rings. The van der Waals surface area contributed by atoms with Crippen LogP contribution >= 0.6 is 27.5 Å². The Morgan fingerprint density at radius 1 is 1.53 bits per heavy atom. The van der Waals surface area contributed by atoms with E-state index < -0.39 is 0 Å². The van der Waals surface area contributed by atoms with Crippen LogP contribution < -0.4 is 0 Å². The van der Waals surface area contributed by atoms with Crippen molar-refractivity contribution in [2.24, 2.45) is 0 Å². The first-order valence-electron chi connectivity index (χ1n) is 5.01. The number of hydrogen-bond donors (Lipinski definition) is 0. The maximum absolute atomic E-state index is 11.5. The third kappa shape index (κ3) is 2.58. The van der Waals surface area contributed by atoms with E-state index in [9.17, 15) is 4.79 Å². The molecule has 0 atom stereocenters. The van der Waals surface area contributed by atoms with Crippen LogP contribution in [-0.4, -0.2) is 20.7 Å². The summed E-state index contributed by atoms with van der Waals surface area (Å²) < 4.78 is 1.83. The summed E-state index contributed by atoms with van der Waals surface area (Å²) in [5.41, 5.74) is 2.34. The molecule has 88 valence electrons. The summed E-state index contributed by atoms with van der Waals surface area (Å²) in [4.78, 5) is 15.6. The molecule has 0 unspecified atom stereocenters. The van der Waals surface area contributed by atoms with Crippen molar-refractivity contribution in [2.45, 2.75) is 6.92 Å². The molecule has 1 aromatic carbocycles. The lowest BCUT2D eigenvalue weighted by Crippen LogP contribution is -2.01. The number of hydrogen-bond acceptors (Lipinski definition) is 2. The summed E-state index contributed by atoms with van der Waals surface area (Å²) in [6.07, 6.45) is 3.58. The van der Waals surface area contributed by atoms with Gasteiger partial charge in [0.1, 0.15) is 0 Å². The van der Waals surface area contributed by atoms with Gasteiger partial charge in [-0.05, 0) is 25.1 Å². The number of benzene rings is 1. The molecule has 0 aliphatic carbocycles. The van der Waals surface area contributed by atoms with Gasteiger partial charge < -0.3 is 4.57 Å². The Bertz CT molecular complexity index is 565. The van der Waals surface area contributed by atoms with Gasteiger partial charge in [0.25, 0.3) is 0 Å². The van der Waals surface area contributed by atoms with Crippen molar-refractivity contribution >= 4 is 33.3 Å². The van der Waals surface area contributed by atoms with Gasteiger partial charge in [0, 0.05) is 11.8 Å². The number of aryl methyl sites for hydroxylation is 1. The average Bonchev–Trinajstić information content (AvgIpc) is 2.74. The SMILES string of the molecule is Cc1cn(-c2ccc(C(=O)CBr)cc2Cl)cn1. The van der Waals surface area contributed by atoms with Gasteiger partial charge in [-0.2, -0.15) is 0 Å². The number of imidazole rings is 1. The maximum atomic E-state index is 11.5. The molecule has 1 aromatic heterocycles. The smallest absolute Gasteiger partial charge is 0.173 e. The van der Waals surface area contributed by atoms with Crippen LogP contribution in [0, 0.1) is 6.92 Å². The minimum absolute atomic E-state index is 0.0141. The Hall–Kier alpha value is -1.13. The second kappa shape index (κ2) is 5.02. The minimum Gasteiger partial charge on any atom is -0.305 e. The Labute approximate surface area is 113 Å². The molecule has 0 bridgehead atoms. The number of Topliss-reactive ketones (excluding diaryl/α,β-unsaturated/α-hetero) is 1. The summed E-state index contributed by atoms with van der Waals surface area (Å²) in [6, 6.07) is 5.26. The van der Waals surface area contributed by atoms with E-state index in [1.165, 1.54) is 0 Å². The van der Waals surface area contributed by atoms with Gasteiger partial charge in [0.05, 0.1) is 28.1 Å². The van der Waals surface area contributed by atoms with Crippen LogP contribution in [0.5, 0.6) is 0 Å². The van der Waals surface area contributed by atoms with Gasteiger partial charge >= 0.3 is 0 Å². The lowest BCUT2D eigenvalue weighted by molar-refractivity contribution is 0.102. The highest BCUT2D eigenvalue weighted by atomic mass is 79.9. The van der Waals surface area contributed by atoms with Crippen molar-refractivity contribution in [2.75, 3.05) is 5.33 Å². The molecule has 2 rings (SSSR count). The zero-order valence-electron chi connectivity index (χ0n) is 9.15. The van der Waals surface area contributed by atoms with Crippen molar-refractivity contribution in [3.63, 3.8) is 0 Å². The minimum atomic E-state index is 0.0141. The van der Waals surface area contributed by atoms with Gasteiger partial charge in [-0.1, -0.05) is 27.5 Å². The number of halogens is 2. The third-order valence-corrected chi connectivity index (χ3v) is 3.19. The van der Waals surface area contributed by atoms with Crippen molar-refractivity contribution < 1.29 is 4.79 Å². The highest BCUT2D eigenvalue weighted by Crippen LogP contribution is 2.22. The molecule has 17 heavy (non-hydrogen) atoms. The molecule has 0 aliphatic heterocycles. The summed E-state index contributed by atoms with van der Waals surface area (Å²) >= 11 is 9.29. The van der Waals surface area contributed by atoms with Crippen LogP contribution in [0.15, 0.2) is 30.7 Å². The van der Waals surface area contributed by atoms with Crippen LogP contribution in [0.25, 0.3) is 5.69 Å². The Morgan fingerprint density at radius 3 is 2.82 bits per heavy atom. The topological polar surface area (TPSA) is 34.9 Å². The highest BCUT2D eigenvalue weighted by molar-refractivity contribution is 9.09. The molecule has 5 heteroatoms. The standard InChI is InChI=1S/C12H10BrClN2O/c1-8-6-16(7-15-8)11-3-2-9(4-10(11)14)12(17)5-13/h2-4,6-7H,5H2,1H3. The molecule has 0 N–H and O–H groups in total.